The molecule has 3 aromatic rings. The summed E-state index contributed by atoms with van der Waals surface area (Å²) in [6.07, 6.45) is 3.13. The number of esters is 1. The molecule has 0 saturated carbocycles. The second kappa shape index (κ2) is 11.8. The highest BCUT2D eigenvalue weighted by atomic mass is 16.5. The molecular formula is C25H29N3O4. The van der Waals surface area contributed by atoms with Crippen molar-refractivity contribution in [3.63, 3.8) is 0 Å². The lowest BCUT2D eigenvalue weighted by atomic mass is 10.2. The van der Waals surface area contributed by atoms with Crippen LogP contribution in [0.3, 0.4) is 0 Å². The van der Waals surface area contributed by atoms with Crippen molar-refractivity contribution in [2.24, 2.45) is 0 Å². The van der Waals surface area contributed by atoms with Gasteiger partial charge in [0.1, 0.15) is 5.56 Å². The van der Waals surface area contributed by atoms with Crippen LogP contribution in [-0.2, 0) is 15.9 Å². The summed E-state index contributed by atoms with van der Waals surface area (Å²) in [7, 11) is 0. The summed E-state index contributed by atoms with van der Waals surface area (Å²) in [4.78, 5) is 24.3. The standard InChI is InChI=1S/C25H29N3O4/c1-3-32-25(30)23-18-27-28(19(23)2)22-12-10-21(11-13-22)24(29)26-15-7-16-31-17-14-20-8-5-4-6-9-20/h4-6,8-13,18H,3,7,14-17H2,1-2H3,(H,26,29). The predicted molar refractivity (Wildman–Crippen MR) is 122 cm³/mol. The molecule has 0 fully saturated rings. The van der Waals surface area contributed by atoms with Gasteiger partial charge in [0, 0.05) is 18.7 Å². The van der Waals surface area contributed by atoms with Gasteiger partial charge in [0.25, 0.3) is 5.91 Å². The fraction of sp³-hybridized carbons (Fsp3) is 0.320. The number of benzene rings is 2. The largest absolute Gasteiger partial charge is 0.462 e. The number of amides is 1. The van der Waals surface area contributed by atoms with Crippen LogP contribution in [0.25, 0.3) is 5.69 Å². The highest BCUT2D eigenvalue weighted by Gasteiger charge is 2.16. The Labute approximate surface area is 188 Å². The first-order chi connectivity index (χ1) is 15.6. The molecule has 1 N–H and O–H groups in total. The number of carbonyl (C=O) groups is 2. The lowest BCUT2D eigenvalue weighted by molar-refractivity contribution is 0.0525. The van der Waals surface area contributed by atoms with Crippen LogP contribution in [0.5, 0.6) is 0 Å². The van der Waals surface area contributed by atoms with Crippen molar-refractivity contribution in [2.45, 2.75) is 26.7 Å². The normalized spacial score (nSPS) is 10.7. The molecule has 7 nitrogen and oxygen atoms in total. The van der Waals surface area contributed by atoms with E-state index in [0.717, 1.165) is 18.5 Å². The highest BCUT2D eigenvalue weighted by Crippen LogP contribution is 2.16. The summed E-state index contributed by atoms with van der Waals surface area (Å²) < 4.78 is 12.3. The first-order valence-electron chi connectivity index (χ1n) is 10.8. The van der Waals surface area contributed by atoms with Crippen LogP contribution < -0.4 is 5.32 Å². The summed E-state index contributed by atoms with van der Waals surface area (Å²) in [6, 6.07) is 17.3. The topological polar surface area (TPSA) is 82.5 Å². The third kappa shape index (κ3) is 6.28. The fourth-order valence-corrected chi connectivity index (χ4v) is 3.25. The third-order valence-electron chi connectivity index (χ3n) is 5.01. The molecule has 1 aromatic heterocycles. The molecule has 0 saturated heterocycles. The van der Waals surface area contributed by atoms with Crippen molar-refractivity contribution in [3.8, 4) is 5.69 Å². The lowest BCUT2D eigenvalue weighted by Crippen LogP contribution is -2.25. The Bertz CT molecular complexity index is 1010. The highest BCUT2D eigenvalue weighted by molar-refractivity contribution is 5.94. The summed E-state index contributed by atoms with van der Waals surface area (Å²) in [5, 5.41) is 7.18. The Morgan fingerprint density at radius 1 is 1.03 bits per heavy atom. The number of carbonyl (C=O) groups excluding carboxylic acids is 2. The molecule has 0 radical (unpaired) electrons. The van der Waals surface area contributed by atoms with Crippen LogP contribution in [0.4, 0.5) is 0 Å². The molecule has 32 heavy (non-hydrogen) atoms. The molecule has 168 valence electrons. The van der Waals surface area contributed by atoms with Gasteiger partial charge in [-0.05, 0) is 56.5 Å². The second-order valence-electron chi connectivity index (χ2n) is 7.28. The van der Waals surface area contributed by atoms with E-state index in [-0.39, 0.29) is 5.91 Å². The lowest BCUT2D eigenvalue weighted by Gasteiger charge is -2.08. The SMILES string of the molecule is CCOC(=O)c1cnn(-c2ccc(C(=O)NCCCOCCc3ccccc3)cc2)c1C. The van der Waals surface area contributed by atoms with E-state index >= 15 is 0 Å². The predicted octanol–water partition coefficient (Wildman–Crippen LogP) is 3.74. The van der Waals surface area contributed by atoms with Crippen LogP contribution >= 0.6 is 0 Å². The quantitative estimate of drug-likeness (QED) is 0.367. The van der Waals surface area contributed by atoms with E-state index in [1.165, 1.54) is 11.8 Å². The zero-order chi connectivity index (χ0) is 22.8. The molecule has 0 aliphatic heterocycles. The van der Waals surface area contributed by atoms with Crippen LogP contribution in [0.2, 0.25) is 0 Å². The van der Waals surface area contributed by atoms with Gasteiger partial charge in [-0.3, -0.25) is 4.79 Å². The molecule has 2 aromatic carbocycles. The van der Waals surface area contributed by atoms with E-state index in [1.807, 2.05) is 25.1 Å². The minimum atomic E-state index is -0.392. The van der Waals surface area contributed by atoms with Crippen LogP contribution in [0.15, 0.2) is 60.8 Å². The van der Waals surface area contributed by atoms with Crippen molar-refractivity contribution >= 4 is 11.9 Å². The zero-order valence-corrected chi connectivity index (χ0v) is 18.5. The molecule has 7 heteroatoms. The minimum absolute atomic E-state index is 0.134. The van der Waals surface area contributed by atoms with Crippen LogP contribution in [0.1, 0.15) is 45.3 Å². The number of nitrogens with zero attached hydrogens (tertiary/aromatic N) is 2. The third-order valence-corrected chi connectivity index (χ3v) is 5.01. The average molecular weight is 436 g/mol. The van der Waals surface area contributed by atoms with Gasteiger partial charge in [0.05, 0.1) is 30.8 Å². The molecular weight excluding hydrogens is 406 g/mol. The fourth-order valence-electron chi connectivity index (χ4n) is 3.25. The van der Waals surface area contributed by atoms with Crippen molar-refractivity contribution in [3.05, 3.63) is 83.2 Å². The Balaban J connectivity index is 1.42. The monoisotopic (exact) mass is 435 g/mol. The Hall–Kier alpha value is -3.45. The van der Waals surface area contributed by atoms with Gasteiger partial charge >= 0.3 is 5.97 Å². The molecule has 3 rings (SSSR count). The van der Waals surface area contributed by atoms with Crippen LogP contribution in [-0.4, -0.2) is 48.0 Å². The Morgan fingerprint density at radius 2 is 1.78 bits per heavy atom. The summed E-state index contributed by atoms with van der Waals surface area (Å²) >= 11 is 0. The molecule has 0 aliphatic carbocycles. The minimum Gasteiger partial charge on any atom is -0.462 e. The first-order valence-corrected chi connectivity index (χ1v) is 10.8. The summed E-state index contributed by atoms with van der Waals surface area (Å²) in [5.74, 6) is -0.526. The summed E-state index contributed by atoms with van der Waals surface area (Å²) in [6.45, 7) is 5.71. The molecule has 1 heterocycles. The number of hydrogen-bond acceptors (Lipinski definition) is 5. The molecule has 1 amide bonds. The number of rotatable bonds is 11. The molecule has 0 bridgehead atoms. The smallest absolute Gasteiger partial charge is 0.341 e. The van der Waals surface area contributed by atoms with Gasteiger partial charge in [-0.15, -0.1) is 0 Å². The van der Waals surface area contributed by atoms with Crippen molar-refractivity contribution in [2.75, 3.05) is 26.4 Å². The van der Waals surface area contributed by atoms with Gasteiger partial charge in [0.2, 0.25) is 0 Å². The molecule has 0 unspecified atom stereocenters. The van der Waals surface area contributed by atoms with E-state index in [1.54, 1.807) is 35.9 Å². The maximum absolute atomic E-state index is 12.4. The van der Waals surface area contributed by atoms with E-state index < -0.39 is 5.97 Å². The number of aromatic nitrogens is 2. The van der Waals surface area contributed by atoms with E-state index in [9.17, 15) is 9.59 Å². The van der Waals surface area contributed by atoms with Gasteiger partial charge < -0.3 is 14.8 Å². The van der Waals surface area contributed by atoms with Gasteiger partial charge in [-0.25, -0.2) is 9.48 Å². The number of ether oxygens (including phenoxy) is 2. The van der Waals surface area contributed by atoms with E-state index in [2.05, 4.69) is 22.5 Å². The van der Waals surface area contributed by atoms with Gasteiger partial charge in [-0.2, -0.15) is 5.10 Å². The molecule has 0 aliphatic rings. The number of nitrogens with one attached hydrogen (secondary N) is 1. The second-order valence-corrected chi connectivity index (χ2v) is 7.28. The maximum Gasteiger partial charge on any atom is 0.341 e. The van der Waals surface area contributed by atoms with E-state index in [0.29, 0.717) is 43.2 Å². The molecule has 0 atom stereocenters. The summed E-state index contributed by atoms with van der Waals surface area (Å²) in [5.41, 5.74) is 3.70. The van der Waals surface area contributed by atoms with Gasteiger partial charge in [-0.1, -0.05) is 30.3 Å². The average Bonchev–Trinajstić information content (AvgIpc) is 3.20. The van der Waals surface area contributed by atoms with Gasteiger partial charge in [0.15, 0.2) is 0 Å². The molecule has 0 spiro atoms. The Morgan fingerprint density at radius 3 is 2.50 bits per heavy atom. The van der Waals surface area contributed by atoms with Crippen molar-refractivity contribution in [1.82, 2.24) is 15.1 Å². The maximum atomic E-state index is 12.4. The Kier molecular flexibility index (Phi) is 8.57. The van der Waals surface area contributed by atoms with Crippen LogP contribution in [0, 0.1) is 6.92 Å². The zero-order valence-electron chi connectivity index (χ0n) is 18.5. The van der Waals surface area contributed by atoms with Crippen molar-refractivity contribution in [1.29, 1.82) is 0 Å². The first kappa shape index (κ1) is 23.2. The number of hydrogen-bond donors (Lipinski definition) is 1. The van der Waals surface area contributed by atoms with E-state index in [4.69, 9.17) is 9.47 Å². The van der Waals surface area contributed by atoms with Crippen molar-refractivity contribution < 1.29 is 19.1 Å².